The van der Waals surface area contributed by atoms with Gasteiger partial charge in [0.15, 0.2) is 11.5 Å². The number of hydrogen-bond acceptors (Lipinski definition) is 7. The van der Waals surface area contributed by atoms with Crippen molar-refractivity contribution in [3.05, 3.63) is 47.5 Å². The second-order valence-electron chi connectivity index (χ2n) is 5.90. The maximum atomic E-state index is 9.10. The second kappa shape index (κ2) is 12.9. The van der Waals surface area contributed by atoms with Crippen LogP contribution in [0.4, 0.5) is 0 Å². The van der Waals surface area contributed by atoms with Crippen LogP contribution in [0.2, 0.25) is 0 Å². The molecule has 164 valence electrons. The average molecular weight is 421 g/mol. The van der Waals surface area contributed by atoms with Crippen molar-refractivity contribution in [2.45, 2.75) is 13.0 Å². The van der Waals surface area contributed by atoms with Gasteiger partial charge in [0.25, 0.3) is 0 Å². The fourth-order valence-corrected chi connectivity index (χ4v) is 2.49. The lowest BCUT2D eigenvalue weighted by Crippen LogP contribution is -2.17. The summed E-state index contributed by atoms with van der Waals surface area (Å²) in [4.78, 5) is 18.2. The summed E-state index contributed by atoms with van der Waals surface area (Å²) in [5, 5.41) is 18.2. The fourth-order valence-electron chi connectivity index (χ4n) is 2.49. The summed E-state index contributed by atoms with van der Waals surface area (Å²) >= 11 is 0. The summed E-state index contributed by atoms with van der Waals surface area (Å²) in [5.41, 5.74) is 2.30. The third kappa shape index (κ3) is 7.88. The van der Waals surface area contributed by atoms with Crippen LogP contribution in [0.25, 0.3) is 0 Å². The zero-order chi connectivity index (χ0) is 22.5. The first-order valence-corrected chi connectivity index (χ1v) is 8.95. The molecule has 0 unspecified atom stereocenters. The van der Waals surface area contributed by atoms with Gasteiger partial charge in [-0.15, -0.1) is 0 Å². The molecule has 0 aliphatic heterocycles. The zero-order valence-corrected chi connectivity index (χ0v) is 17.4. The molecular weight excluding hydrogens is 394 g/mol. The van der Waals surface area contributed by atoms with Crippen LogP contribution in [-0.2, 0) is 22.6 Å². The number of hydrogen-bond donors (Lipinski definition) is 3. The van der Waals surface area contributed by atoms with E-state index in [4.69, 9.17) is 38.7 Å². The van der Waals surface area contributed by atoms with Gasteiger partial charge in [0.2, 0.25) is 0 Å². The monoisotopic (exact) mass is 421 g/mol. The Balaban J connectivity index is 0.000000656. The SMILES string of the molecule is COc1ccc(CNCCc2ccc(OC)c(OC)c2)c(OC)c1.O=C(O)C(=O)O. The highest BCUT2D eigenvalue weighted by atomic mass is 16.5. The van der Waals surface area contributed by atoms with Gasteiger partial charge in [-0.1, -0.05) is 12.1 Å². The normalized spacial score (nSPS) is 9.73. The maximum absolute atomic E-state index is 9.10. The maximum Gasteiger partial charge on any atom is 0.414 e. The van der Waals surface area contributed by atoms with E-state index in [9.17, 15) is 0 Å². The molecule has 0 saturated carbocycles. The van der Waals surface area contributed by atoms with Crippen molar-refractivity contribution in [3.8, 4) is 23.0 Å². The van der Waals surface area contributed by atoms with Crippen molar-refractivity contribution in [1.29, 1.82) is 0 Å². The summed E-state index contributed by atoms with van der Waals surface area (Å²) in [6.45, 7) is 1.59. The topological polar surface area (TPSA) is 124 Å². The first-order chi connectivity index (χ1) is 14.4. The second-order valence-corrected chi connectivity index (χ2v) is 5.90. The number of nitrogens with one attached hydrogen (secondary N) is 1. The van der Waals surface area contributed by atoms with E-state index in [-0.39, 0.29) is 0 Å². The molecule has 9 heteroatoms. The van der Waals surface area contributed by atoms with Crippen LogP contribution in [-0.4, -0.2) is 57.1 Å². The fraction of sp³-hybridized carbons (Fsp3) is 0.333. The highest BCUT2D eigenvalue weighted by Gasteiger charge is 2.06. The van der Waals surface area contributed by atoms with E-state index >= 15 is 0 Å². The minimum atomic E-state index is -1.82. The molecule has 0 aliphatic carbocycles. The van der Waals surface area contributed by atoms with E-state index in [0.29, 0.717) is 0 Å². The molecule has 0 spiro atoms. The minimum absolute atomic E-state index is 0.737. The van der Waals surface area contributed by atoms with E-state index in [2.05, 4.69) is 11.4 Å². The molecule has 2 rings (SSSR count). The number of carbonyl (C=O) groups is 2. The van der Waals surface area contributed by atoms with Crippen LogP contribution in [0, 0.1) is 0 Å². The van der Waals surface area contributed by atoms with Crippen molar-refractivity contribution in [3.63, 3.8) is 0 Å². The Morgan fingerprint density at radius 3 is 1.97 bits per heavy atom. The van der Waals surface area contributed by atoms with E-state index in [0.717, 1.165) is 48.1 Å². The van der Waals surface area contributed by atoms with Gasteiger partial charge >= 0.3 is 11.9 Å². The number of aliphatic carboxylic acids is 2. The Kier molecular flexibility index (Phi) is 10.6. The van der Waals surface area contributed by atoms with Gasteiger partial charge in [-0.25, -0.2) is 9.59 Å². The summed E-state index contributed by atoms with van der Waals surface area (Å²) in [6, 6.07) is 11.8. The Hall–Kier alpha value is -3.46. The van der Waals surface area contributed by atoms with Crippen LogP contribution in [0.5, 0.6) is 23.0 Å². The third-order valence-corrected chi connectivity index (χ3v) is 4.03. The lowest BCUT2D eigenvalue weighted by molar-refractivity contribution is -0.159. The number of ether oxygens (including phenoxy) is 4. The van der Waals surface area contributed by atoms with Crippen LogP contribution in [0.15, 0.2) is 36.4 Å². The summed E-state index contributed by atoms with van der Waals surface area (Å²) in [7, 11) is 6.61. The molecule has 2 aromatic carbocycles. The summed E-state index contributed by atoms with van der Waals surface area (Å²) < 4.78 is 21.2. The van der Waals surface area contributed by atoms with Gasteiger partial charge in [-0.2, -0.15) is 0 Å². The van der Waals surface area contributed by atoms with Gasteiger partial charge in [-0.3, -0.25) is 0 Å². The van der Waals surface area contributed by atoms with Crippen LogP contribution >= 0.6 is 0 Å². The van der Waals surface area contributed by atoms with Crippen molar-refractivity contribution < 1.29 is 38.7 Å². The van der Waals surface area contributed by atoms with Crippen molar-refractivity contribution in [2.75, 3.05) is 35.0 Å². The standard InChI is InChI=1S/C19H25NO4.C2H2O4/c1-21-16-7-6-15(18(12-16)23-3)13-20-10-9-14-5-8-17(22-2)19(11-14)24-4;3-1(4)2(5)6/h5-8,11-12,20H,9-10,13H2,1-4H3;(H,3,4)(H,5,6). The molecule has 3 N–H and O–H groups in total. The Morgan fingerprint density at radius 1 is 0.800 bits per heavy atom. The Bertz CT molecular complexity index is 826. The Labute approximate surface area is 175 Å². The predicted molar refractivity (Wildman–Crippen MR) is 110 cm³/mol. The molecule has 0 atom stereocenters. The van der Waals surface area contributed by atoms with Gasteiger partial charge < -0.3 is 34.5 Å². The van der Waals surface area contributed by atoms with E-state index in [1.807, 2.05) is 30.3 Å². The quantitative estimate of drug-likeness (QED) is 0.413. The highest BCUT2D eigenvalue weighted by molar-refractivity contribution is 6.27. The van der Waals surface area contributed by atoms with Gasteiger partial charge in [0.1, 0.15) is 11.5 Å². The van der Waals surface area contributed by atoms with Gasteiger partial charge in [0, 0.05) is 18.2 Å². The number of carboxylic acid groups (broad SMARTS) is 2. The van der Waals surface area contributed by atoms with Crippen molar-refractivity contribution in [2.24, 2.45) is 0 Å². The molecule has 0 heterocycles. The number of methoxy groups -OCH3 is 4. The zero-order valence-electron chi connectivity index (χ0n) is 17.4. The molecule has 0 saturated heterocycles. The molecule has 9 nitrogen and oxygen atoms in total. The summed E-state index contributed by atoms with van der Waals surface area (Å²) in [6.07, 6.45) is 0.902. The predicted octanol–water partition coefficient (Wildman–Crippen LogP) is 2.21. The van der Waals surface area contributed by atoms with E-state index < -0.39 is 11.9 Å². The largest absolute Gasteiger partial charge is 0.497 e. The number of carboxylic acids is 2. The molecule has 0 aromatic heterocycles. The number of rotatable bonds is 9. The number of benzene rings is 2. The van der Waals surface area contributed by atoms with E-state index in [1.54, 1.807) is 28.4 Å². The summed E-state index contributed by atoms with van der Waals surface area (Å²) in [5.74, 6) is -0.525. The molecule has 0 amide bonds. The lowest BCUT2D eigenvalue weighted by atomic mass is 10.1. The minimum Gasteiger partial charge on any atom is -0.497 e. The van der Waals surface area contributed by atoms with Crippen LogP contribution in [0.1, 0.15) is 11.1 Å². The molecule has 30 heavy (non-hydrogen) atoms. The van der Waals surface area contributed by atoms with Gasteiger partial charge in [0.05, 0.1) is 28.4 Å². The third-order valence-electron chi connectivity index (χ3n) is 4.03. The van der Waals surface area contributed by atoms with Crippen molar-refractivity contribution >= 4 is 11.9 Å². The van der Waals surface area contributed by atoms with Crippen molar-refractivity contribution in [1.82, 2.24) is 5.32 Å². The smallest absolute Gasteiger partial charge is 0.414 e. The first kappa shape index (κ1) is 24.6. The molecule has 0 aliphatic rings. The molecule has 2 aromatic rings. The van der Waals surface area contributed by atoms with Crippen LogP contribution in [0.3, 0.4) is 0 Å². The Morgan fingerprint density at radius 2 is 1.43 bits per heavy atom. The molecular formula is C21H27NO8. The van der Waals surface area contributed by atoms with E-state index in [1.165, 1.54) is 5.56 Å². The molecule has 0 bridgehead atoms. The lowest BCUT2D eigenvalue weighted by Gasteiger charge is -2.12. The molecule has 0 radical (unpaired) electrons. The molecule has 0 fully saturated rings. The first-order valence-electron chi connectivity index (χ1n) is 8.95. The average Bonchev–Trinajstić information content (AvgIpc) is 2.76. The van der Waals surface area contributed by atoms with Gasteiger partial charge in [-0.05, 0) is 36.7 Å². The highest BCUT2D eigenvalue weighted by Crippen LogP contribution is 2.27. The van der Waals surface area contributed by atoms with Crippen LogP contribution < -0.4 is 24.3 Å².